The lowest BCUT2D eigenvalue weighted by Crippen LogP contribution is -1.97. The molecular formula is C21H31N3. The molecule has 0 saturated heterocycles. The Bertz CT molecular complexity index is 583. The zero-order valence-corrected chi connectivity index (χ0v) is 15.2. The summed E-state index contributed by atoms with van der Waals surface area (Å²) >= 11 is 0. The van der Waals surface area contributed by atoms with Crippen molar-refractivity contribution in [2.24, 2.45) is 15.9 Å². The van der Waals surface area contributed by atoms with Crippen LogP contribution in [0.15, 0.2) is 58.4 Å². The Balaban J connectivity index is 2.31. The molecule has 24 heavy (non-hydrogen) atoms. The first-order chi connectivity index (χ1) is 11.7. The lowest BCUT2D eigenvalue weighted by molar-refractivity contribution is 0.748. The monoisotopic (exact) mass is 325 g/mol. The molecule has 0 aliphatic rings. The van der Waals surface area contributed by atoms with Crippen molar-refractivity contribution in [3.63, 3.8) is 0 Å². The maximum absolute atomic E-state index is 6.04. The van der Waals surface area contributed by atoms with Crippen LogP contribution in [-0.2, 0) is 12.8 Å². The van der Waals surface area contributed by atoms with Gasteiger partial charge in [-0.1, -0.05) is 49.8 Å². The molecule has 0 amide bonds. The Hall–Kier alpha value is -2.16. The summed E-state index contributed by atoms with van der Waals surface area (Å²) < 4.78 is 0. The van der Waals surface area contributed by atoms with Gasteiger partial charge < -0.3 is 5.73 Å². The van der Waals surface area contributed by atoms with Crippen LogP contribution in [-0.4, -0.2) is 12.4 Å². The minimum absolute atomic E-state index is 0.922. The predicted molar refractivity (Wildman–Crippen MR) is 107 cm³/mol. The second-order valence-corrected chi connectivity index (χ2v) is 6.13. The molecule has 1 rings (SSSR count). The highest BCUT2D eigenvalue weighted by molar-refractivity contribution is 5.81. The van der Waals surface area contributed by atoms with Crippen LogP contribution in [0, 0.1) is 0 Å². The van der Waals surface area contributed by atoms with Crippen LogP contribution >= 0.6 is 0 Å². The third-order valence-electron chi connectivity index (χ3n) is 3.83. The molecule has 130 valence electrons. The second-order valence-electron chi connectivity index (χ2n) is 6.13. The molecule has 0 heterocycles. The third-order valence-corrected chi connectivity index (χ3v) is 3.83. The summed E-state index contributed by atoms with van der Waals surface area (Å²) in [6.45, 7) is 7.55. The molecule has 1 aromatic carbocycles. The van der Waals surface area contributed by atoms with E-state index in [2.05, 4.69) is 60.3 Å². The molecule has 0 aliphatic carbocycles. The fourth-order valence-electron chi connectivity index (χ4n) is 2.56. The molecule has 0 atom stereocenters. The molecule has 3 heteroatoms. The Morgan fingerprint density at radius 3 is 2.71 bits per heavy atom. The Labute approximate surface area is 147 Å². The number of hydrogen-bond acceptors (Lipinski definition) is 3. The lowest BCUT2D eigenvalue weighted by Gasteiger charge is -2.02. The van der Waals surface area contributed by atoms with Crippen LogP contribution in [0.25, 0.3) is 0 Å². The average Bonchev–Trinajstić information content (AvgIpc) is 2.57. The minimum atomic E-state index is 0.922. The van der Waals surface area contributed by atoms with Gasteiger partial charge in [0.25, 0.3) is 0 Å². The summed E-state index contributed by atoms with van der Waals surface area (Å²) in [5, 5.41) is 7.45. The molecule has 0 unspecified atom stereocenters. The number of nitrogens with two attached hydrogens (primary N) is 1. The minimum Gasteiger partial charge on any atom is -0.402 e. The summed E-state index contributed by atoms with van der Waals surface area (Å²) in [6.07, 6.45) is 13.6. The first-order valence-electron chi connectivity index (χ1n) is 8.83. The van der Waals surface area contributed by atoms with Gasteiger partial charge in [-0.3, -0.25) is 0 Å². The zero-order chi connectivity index (χ0) is 17.6. The second kappa shape index (κ2) is 12.3. The van der Waals surface area contributed by atoms with Crippen molar-refractivity contribution in [1.82, 2.24) is 0 Å². The van der Waals surface area contributed by atoms with E-state index in [0.717, 1.165) is 49.9 Å². The highest BCUT2D eigenvalue weighted by Gasteiger charge is 1.95. The third kappa shape index (κ3) is 9.09. The fourth-order valence-corrected chi connectivity index (χ4v) is 2.56. The van der Waals surface area contributed by atoms with E-state index in [1.165, 1.54) is 17.5 Å². The van der Waals surface area contributed by atoms with Crippen LogP contribution in [0.2, 0.25) is 0 Å². The van der Waals surface area contributed by atoms with Gasteiger partial charge in [0.2, 0.25) is 0 Å². The normalized spacial score (nSPS) is 12.8. The number of unbranched alkanes of at least 4 members (excludes halogenated alkanes) is 1. The maximum Gasteiger partial charge on any atom is 0.0374 e. The first kappa shape index (κ1) is 19.9. The van der Waals surface area contributed by atoms with Gasteiger partial charge in [0.05, 0.1) is 0 Å². The van der Waals surface area contributed by atoms with Crippen LogP contribution in [0.4, 0.5) is 0 Å². The molecule has 0 saturated carbocycles. The standard InChI is InChI=1S/C21H31N3/c1-4-10-19-13-9-14-20(17-19)12-6-8-16-21(22)15-7-5-11-18(2)24-23-3/h6,8-9,13-14,16-17H,3-5,7,10-12,15,22H2,1-2H3/b8-6+,21-16-,24-18+. The quantitative estimate of drug-likeness (QED) is 0.258. The van der Waals surface area contributed by atoms with Crippen LogP contribution in [0.3, 0.4) is 0 Å². The van der Waals surface area contributed by atoms with Crippen molar-refractivity contribution in [3.05, 3.63) is 59.3 Å². The van der Waals surface area contributed by atoms with Gasteiger partial charge in [-0.25, -0.2) is 0 Å². The highest BCUT2D eigenvalue weighted by Crippen LogP contribution is 2.09. The molecule has 1 aromatic rings. The zero-order valence-electron chi connectivity index (χ0n) is 15.2. The van der Waals surface area contributed by atoms with Gasteiger partial charge in [-0.2, -0.15) is 10.2 Å². The Morgan fingerprint density at radius 2 is 1.96 bits per heavy atom. The summed E-state index contributed by atoms with van der Waals surface area (Å²) in [5.41, 5.74) is 10.8. The van der Waals surface area contributed by atoms with E-state index in [0.29, 0.717) is 0 Å². The molecule has 0 aromatic heterocycles. The van der Waals surface area contributed by atoms with E-state index in [1.807, 2.05) is 13.0 Å². The lowest BCUT2D eigenvalue weighted by atomic mass is 10.0. The van der Waals surface area contributed by atoms with Crippen molar-refractivity contribution in [1.29, 1.82) is 0 Å². The summed E-state index contributed by atoms with van der Waals surface area (Å²) in [4.78, 5) is 0. The summed E-state index contributed by atoms with van der Waals surface area (Å²) in [6, 6.07) is 8.82. The molecule has 0 bridgehead atoms. The van der Waals surface area contributed by atoms with Gasteiger partial charge in [0.1, 0.15) is 0 Å². The van der Waals surface area contributed by atoms with Crippen molar-refractivity contribution >= 4 is 12.4 Å². The molecule has 0 fully saturated rings. The van der Waals surface area contributed by atoms with Crippen molar-refractivity contribution < 1.29 is 0 Å². The molecule has 3 nitrogen and oxygen atoms in total. The molecule has 2 N–H and O–H groups in total. The SMILES string of the molecule is C=N/N=C(\C)CCCC/C(N)=C/C=C/Cc1cccc(CCC)c1. The Morgan fingerprint density at radius 1 is 1.21 bits per heavy atom. The number of rotatable bonds is 11. The first-order valence-corrected chi connectivity index (χ1v) is 8.83. The number of benzene rings is 1. The van der Waals surface area contributed by atoms with Gasteiger partial charge in [0, 0.05) is 18.1 Å². The largest absolute Gasteiger partial charge is 0.402 e. The Kier molecular flexibility index (Phi) is 10.2. The van der Waals surface area contributed by atoms with Gasteiger partial charge in [0.15, 0.2) is 0 Å². The van der Waals surface area contributed by atoms with Gasteiger partial charge >= 0.3 is 0 Å². The highest BCUT2D eigenvalue weighted by atomic mass is 15.2. The van der Waals surface area contributed by atoms with Gasteiger partial charge in [-0.15, -0.1) is 0 Å². The molecule has 0 radical (unpaired) electrons. The van der Waals surface area contributed by atoms with Crippen LogP contribution in [0.1, 0.15) is 57.1 Å². The molecule has 0 spiro atoms. The summed E-state index contributed by atoms with van der Waals surface area (Å²) in [7, 11) is 0. The molecular weight excluding hydrogens is 294 g/mol. The molecule has 0 aliphatic heterocycles. The van der Waals surface area contributed by atoms with Crippen LogP contribution < -0.4 is 5.73 Å². The smallest absolute Gasteiger partial charge is 0.0374 e. The predicted octanol–water partition coefficient (Wildman–Crippen LogP) is 5.22. The van der Waals surface area contributed by atoms with Crippen molar-refractivity contribution in [2.75, 3.05) is 0 Å². The van der Waals surface area contributed by atoms with E-state index < -0.39 is 0 Å². The van der Waals surface area contributed by atoms with E-state index >= 15 is 0 Å². The van der Waals surface area contributed by atoms with E-state index in [9.17, 15) is 0 Å². The van der Waals surface area contributed by atoms with E-state index in [-0.39, 0.29) is 0 Å². The van der Waals surface area contributed by atoms with Crippen molar-refractivity contribution in [2.45, 2.75) is 58.8 Å². The average molecular weight is 326 g/mol. The number of nitrogens with zero attached hydrogens (tertiary/aromatic N) is 2. The number of hydrogen-bond donors (Lipinski definition) is 1. The van der Waals surface area contributed by atoms with Crippen LogP contribution in [0.5, 0.6) is 0 Å². The van der Waals surface area contributed by atoms with E-state index in [4.69, 9.17) is 5.73 Å². The van der Waals surface area contributed by atoms with E-state index in [1.54, 1.807) is 0 Å². The number of aryl methyl sites for hydroxylation is 1. The van der Waals surface area contributed by atoms with Crippen molar-refractivity contribution in [3.8, 4) is 0 Å². The fraction of sp³-hybridized carbons (Fsp3) is 0.429. The summed E-state index contributed by atoms with van der Waals surface area (Å²) in [5.74, 6) is 0. The maximum atomic E-state index is 6.04. The van der Waals surface area contributed by atoms with Gasteiger partial charge in [-0.05, 0) is 62.7 Å². The number of allylic oxidation sites excluding steroid dienone is 4. The topological polar surface area (TPSA) is 50.7 Å².